The molecule has 1 amide bonds. The third-order valence-corrected chi connectivity index (χ3v) is 3.20. The zero-order chi connectivity index (χ0) is 15.2. The van der Waals surface area contributed by atoms with Crippen LogP contribution in [0.15, 0.2) is 48.5 Å². The molecule has 4 heteroatoms. The molecule has 0 aliphatic heterocycles. The maximum atomic E-state index is 12.8. The van der Waals surface area contributed by atoms with Crippen LogP contribution in [0.25, 0.3) is 0 Å². The SMILES string of the molecule is COc1ccccc1CC(C)NC(=O)c1ccc(F)cc1. The number of halogens is 1. The van der Waals surface area contributed by atoms with Gasteiger partial charge in [0.15, 0.2) is 0 Å². The van der Waals surface area contributed by atoms with Gasteiger partial charge in [0.25, 0.3) is 5.91 Å². The first-order valence-electron chi connectivity index (χ1n) is 6.78. The molecule has 0 radical (unpaired) electrons. The quantitative estimate of drug-likeness (QED) is 0.917. The standard InChI is InChI=1S/C17H18FNO2/c1-12(11-14-5-3-4-6-16(14)21-2)19-17(20)13-7-9-15(18)10-8-13/h3-10,12H,11H2,1-2H3,(H,19,20). The van der Waals surface area contributed by atoms with Crippen LogP contribution < -0.4 is 10.1 Å². The molecule has 0 saturated heterocycles. The van der Waals surface area contributed by atoms with E-state index in [2.05, 4.69) is 5.32 Å². The molecule has 1 atom stereocenters. The number of carbonyl (C=O) groups excluding carboxylic acids is 1. The smallest absolute Gasteiger partial charge is 0.251 e. The van der Waals surface area contributed by atoms with Crippen LogP contribution in [0.4, 0.5) is 4.39 Å². The van der Waals surface area contributed by atoms with E-state index in [0.29, 0.717) is 12.0 Å². The highest BCUT2D eigenvalue weighted by Gasteiger charge is 2.12. The Morgan fingerprint density at radius 3 is 2.52 bits per heavy atom. The summed E-state index contributed by atoms with van der Waals surface area (Å²) in [5.74, 6) is 0.242. The van der Waals surface area contributed by atoms with E-state index in [0.717, 1.165) is 11.3 Å². The number of carbonyl (C=O) groups is 1. The minimum atomic E-state index is -0.353. The molecule has 0 aliphatic carbocycles. The molecule has 3 nitrogen and oxygen atoms in total. The van der Waals surface area contributed by atoms with E-state index >= 15 is 0 Å². The van der Waals surface area contributed by atoms with E-state index < -0.39 is 0 Å². The molecular weight excluding hydrogens is 269 g/mol. The number of benzene rings is 2. The van der Waals surface area contributed by atoms with Gasteiger partial charge in [-0.3, -0.25) is 4.79 Å². The van der Waals surface area contributed by atoms with Crippen LogP contribution in [-0.4, -0.2) is 19.1 Å². The minimum absolute atomic E-state index is 0.0566. The summed E-state index contributed by atoms with van der Waals surface area (Å²) in [5.41, 5.74) is 1.48. The lowest BCUT2D eigenvalue weighted by atomic mass is 10.1. The molecule has 110 valence electrons. The number of para-hydroxylation sites is 1. The Hall–Kier alpha value is -2.36. The molecule has 2 rings (SSSR count). The lowest BCUT2D eigenvalue weighted by molar-refractivity contribution is 0.0940. The highest BCUT2D eigenvalue weighted by molar-refractivity contribution is 5.94. The Balaban J connectivity index is 1.99. The van der Waals surface area contributed by atoms with Gasteiger partial charge in [0.2, 0.25) is 0 Å². The van der Waals surface area contributed by atoms with Crippen molar-refractivity contribution in [3.8, 4) is 5.75 Å². The van der Waals surface area contributed by atoms with Crippen LogP contribution in [0.5, 0.6) is 5.75 Å². The van der Waals surface area contributed by atoms with Crippen molar-refractivity contribution in [1.29, 1.82) is 0 Å². The molecule has 1 N–H and O–H groups in total. The predicted octanol–water partition coefficient (Wildman–Crippen LogP) is 3.20. The Morgan fingerprint density at radius 2 is 1.86 bits per heavy atom. The van der Waals surface area contributed by atoms with Crippen LogP contribution >= 0.6 is 0 Å². The summed E-state index contributed by atoms with van der Waals surface area (Å²) in [5, 5.41) is 2.90. The van der Waals surface area contributed by atoms with Gasteiger partial charge in [0, 0.05) is 11.6 Å². The second kappa shape index (κ2) is 6.88. The molecule has 0 fully saturated rings. The molecule has 2 aromatic rings. The summed E-state index contributed by atoms with van der Waals surface area (Å²) in [6.07, 6.45) is 0.664. The van der Waals surface area contributed by atoms with E-state index in [1.165, 1.54) is 24.3 Å². The minimum Gasteiger partial charge on any atom is -0.496 e. The van der Waals surface area contributed by atoms with E-state index in [4.69, 9.17) is 4.74 Å². The maximum Gasteiger partial charge on any atom is 0.251 e. The number of nitrogens with one attached hydrogen (secondary N) is 1. The van der Waals surface area contributed by atoms with Crippen molar-refractivity contribution in [3.63, 3.8) is 0 Å². The largest absolute Gasteiger partial charge is 0.496 e. The maximum absolute atomic E-state index is 12.8. The van der Waals surface area contributed by atoms with Crippen LogP contribution in [0, 0.1) is 5.82 Å². The first-order chi connectivity index (χ1) is 10.1. The van der Waals surface area contributed by atoms with Gasteiger partial charge in [-0.15, -0.1) is 0 Å². The number of amides is 1. The molecule has 0 spiro atoms. The van der Waals surface area contributed by atoms with Gasteiger partial charge in [-0.25, -0.2) is 4.39 Å². The number of methoxy groups -OCH3 is 1. The first kappa shape index (κ1) is 15.0. The lowest BCUT2D eigenvalue weighted by Gasteiger charge is -2.16. The average Bonchev–Trinajstić information content (AvgIpc) is 2.48. The van der Waals surface area contributed by atoms with Crippen LogP contribution in [0.3, 0.4) is 0 Å². The fraction of sp³-hybridized carbons (Fsp3) is 0.235. The summed E-state index contributed by atoms with van der Waals surface area (Å²) >= 11 is 0. The molecule has 21 heavy (non-hydrogen) atoms. The second-order valence-corrected chi connectivity index (χ2v) is 4.90. The van der Waals surface area contributed by atoms with Crippen molar-refractivity contribution in [2.45, 2.75) is 19.4 Å². The number of rotatable bonds is 5. The molecule has 0 bridgehead atoms. The monoisotopic (exact) mass is 287 g/mol. The Kier molecular flexibility index (Phi) is 4.93. The highest BCUT2D eigenvalue weighted by Crippen LogP contribution is 2.19. The van der Waals surface area contributed by atoms with Gasteiger partial charge in [-0.05, 0) is 49.2 Å². The van der Waals surface area contributed by atoms with Crippen molar-refractivity contribution in [2.75, 3.05) is 7.11 Å². The molecule has 0 aliphatic rings. The fourth-order valence-corrected chi connectivity index (χ4v) is 2.16. The van der Waals surface area contributed by atoms with Crippen molar-refractivity contribution in [1.82, 2.24) is 5.32 Å². The molecular formula is C17H18FNO2. The van der Waals surface area contributed by atoms with Gasteiger partial charge in [-0.1, -0.05) is 18.2 Å². The lowest BCUT2D eigenvalue weighted by Crippen LogP contribution is -2.34. The molecule has 1 unspecified atom stereocenters. The van der Waals surface area contributed by atoms with Crippen molar-refractivity contribution >= 4 is 5.91 Å². The van der Waals surface area contributed by atoms with Crippen LogP contribution in [-0.2, 0) is 6.42 Å². The molecule has 0 aromatic heterocycles. The van der Waals surface area contributed by atoms with E-state index in [-0.39, 0.29) is 17.8 Å². The summed E-state index contributed by atoms with van der Waals surface area (Å²) in [6, 6.07) is 13.2. The second-order valence-electron chi connectivity index (χ2n) is 4.90. The highest BCUT2D eigenvalue weighted by atomic mass is 19.1. The van der Waals surface area contributed by atoms with Crippen LogP contribution in [0.1, 0.15) is 22.8 Å². The Labute approximate surface area is 123 Å². The predicted molar refractivity (Wildman–Crippen MR) is 80.0 cm³/mol. The topological polar surface area (TPSA) is 38.3 Å². The van der Waals surface area contributed by atoms with Crippen molar-refractivity contribution < 1.29 is 13.9 Å². The molecule has 0 heterocycles. The zero-order valence-corrected chi connectivity index (χ0v) is 12.1. The Morgan fingerprint density at radius 1 is 1.19 bits per heavy atom. The van der Waals surface area contributed by atoms with Gasteiger partial charge in [0.1, 0.15) is 11.6 Å². The van der Waals surface area contributed by atoms with E-state index in [9.17, 15) is 9.18 Å². The zero-order valence-electron chi connectivity index (χ0n) is 12.1. The van der Waals surface area contributed by atoms with Gasteiger partial charge >= 0.3 is 0 Å². The van der Waals surface area contributed by atoms with Crippen molar-refractivity contribution in [2.24, 2.45) is 0 Å². The van der Waals surface area contributed by atoms with E-state index in [1.807, 2.05) is 31.2 Å². The first-order valence-corrected chi connectivity index (χ1v) is 6.78. The summed E-state index contributed by atoms with van der Waals surface area (Å²) in [6.45, 7) is 1.92. The molecule has 0 saturated carbocycles. The number of hydrogen-bond acceptors (Lipinski definition) is 2. The van der Waals surface area contributed by atoms with E-state index in [1.54, 1.807) is 7.11 Å². The number of hydrogen-bond donors (Lipinski definition) is 1. The third-order valence-electron chi connectivity index (χ3n) is 3.20. The normalized spacial score (nSPS) is 11.8. The van der Waals surface area contributed by atoms with Crippen LogP contribution in [0.2, 0.25) is 0 Å². The average molecular weight is 287 g/mol. The number of ether oxygens (including phenoxy) is 1. The third kappa shape index (κ3) is 4.05. The Bertz CT molecular complexity index is 610. The van der Waals surface area contributed by atoms with Gasteiger partial charge in [-0.2, -0.15) is 0 Å². The summed E-state index contributed by atoms with van der Waals surface area (Å²) in [7, 11) is 1.63. The van der Waals surface area contributed by atoms with Gasteiger partial charge < -0.3 is 10.1 Å². The summed E-state index contributed by atoms with van der Waals surface area (Å²) in [4.78, 5) is 12.0. The summed E-state index contributed by atoms with van der Waals surface area (Å²) < 4.78 is 18.1. The fourth-order valence-electron chi connectivity index (χ4n) is 2.16. The van der Waals surface area contributed by atoms with Gasteiger partial charge in [0.05, 0.1) is 7.11 Å². The molecule has 2 aromatic carbocycles. The van der Waals surface area contributed by atoms with Crippen molar-refractivity contribution in [3.05, 3.63) is 65.5 Å².